The van der Waals surface area contributed by atoms with Crippen LogP contribution in [0.3, 0.4) is 0 Å². The molecular weight excluding hydrogens is 418 g/mol. The van der Waals surface area contributed by atoms with E-state index in [0.29, 0.717) is 23.5 Å². The number of para-hydroxylation sites is 3. The van der Waals surface area contributed by atoms with Gasteiger partial charge in [0.2, 0.25) is 11.8 Å². The highest BCUT2D eigenvalue weighted by Gasteiger charge is 2.35. The van der Waals surface area contributed by atoms with Crippen molar-refractivity contribution in [1.29, 1.82) is 0 Å². The van der Waals surface area contributed by atoms with Crippen LogP contribution < -0.4 is 20.3 Å². The maximum Gasteiger partial charge on any atom is 0.253 e. The van der Waals surface area contributed by atoms with Crippen molar-refractivity contribution < 1.29 is 19.1 Å². The molecule has 0 aromatic heterocycles. The normalized spacial score (nSPS) is 15.2. The number of nitrogens with one attached hydrogen (secondary N) is 2. The van der Waals surface area contributed by atoms with Gasteiger partial charge in [0.05, 0.1) is 24.3 Å². The van der Waals surface area contributed by atoms with E-state index >= 15 is 0 Å². The van der Waals surface area contributed by atoms with E-state index in [-0.39, 0.29) is 30.7 Å². The van der Waals surface area contributed by atoms with Crippen molar-refractivity contribution in [2.24, 2.45) is 5.92 Å². The van der Waals surface area contributed by atoms with E-state index in [1.807, 2.05) is 54.6 Å². The zero-order chi connectivity index (χ0) is 23.2. The van der Waals surface area contributed by atoms with Crippen molar-refractivity contribution in [2.75, 3.05) is 23.9 Å². The summed E-state index contributed by atoms with van der Waals surface area (Å²) in [7, 11) is 1.58. The van der Waals surface area contributed by atoms with Gasteiger partial charge in [-0.25, -0.2) is 0 Å². The lowest BCUT2D eigenvalue weighted by Crippen LogP contribution is -2.29. The summed E-state index contributed by atoms with van der Waals surface area (Å²) >= 11 is 0. The molecule has 3 aromatic carbocycles. The highest BCUT2D eigenvalue weighted by atomic mass is 16.5. The predicted molar refractivity (Wildman–Crippen MR) is 126 cm³/mol. The molecule has 1 heterocycles. The average molecular weight is 444 g/mol. The van der Waals surface area contributed by atoms with Gasteiger partial charge >= 0.3 is 0 Å². The molecule has 1 aliphatic heterocycles. The quantitative estimate of drug-likeness (QED) is 0.584. The van der Waals surface area contributed by atoms with Crippen molar-refractivity contribution in [3.63, 3.8) is 0 Å². The monoisotopic (exact) mass is 443 g/mol. The average Bonchev–Trinajstić information content (AvgIpc) is 3.25. The second-order valence-electron chi connectivity index (χ2n) is 7.77. The second-order valence-corrected chi connectivity index (χ2v) is 7.77. The number of hydrogen-bond acceptors (Lipinski definition) is 4. The number of rotatable bonds is 7. The smallest absolute Gasteiger partial charge is 0.253 e. The van der Waals surface area contributed by atoms with Gasteiger partial charge in [0.25, 0.3) is 5.91 Å². The van der Waals surface area contributed by atoms with Crippen LogP contribution in [0.1, 0.15) is 22.3 Å². The molecule has 0 radical (unpaired) electrons. The molecule has 0 unspecified atom stereocenters. The maximum atomic E-state index is 12.9. The Bertz CT molecular complexity index is 1160. The first-order valence-corrected chi connectivity index (χ1v) is 10.7. The van der Waals surface area contributed by atoms with Crippen LogP contribution in [0.4, 0.5) is 11.4 Å². The summed E-state index contributed by atoms with van der Waals surface area (Å²) in [4.78, 5) is 39.9. The van der Waals surface area contributed by atoms with Crippen molar-refractivity contribution in [3.05, 3.63) is 90.0 Å². The predicted octanol–water partition coefficient (Wildman–Crippen LogP) is 3.62. The Morgan fingerprint density at radius 1 is 0.970 bits per heavy atom. The number of benzene rings is 3. The van der Waals surface area contributed by atoms with E-state index in [2.05, 4.69) is 10.6 Å². The number of anilines is 2. The van der Waals surface area contributed by atoms with Gasteiger partial charge in [-0.1, -0.05) is 48.5 Å². The van der Waals surface area contributed by atoms with Crippen LogP contribution in [-0.2, 0) is 16.1 Å². The molecule has 3 aromatic rings. The second kappa shape index (κ2) is 9.99. The van der Waals surface area contributed by atoms with Gasteiger partial charge < -0.3 is 20.3 Å². The summed E-state index contributed by atoms with van der Waals surface area (Å²) in [6.45, 7) is 0.588. The van der Waals surface area contributed by atoms with Crippen LogP contribution in [-0.4, -0.2) is 31.4 Å². The molecule has 1 fully saturated rings. The number of carbonyl (C=O) groups is 3. The zero-order valence-electron chi connectivity index (χ0n) is 18.3. The number of methoxy groups -OCH3 is 1. The van der Waals surface area contributed by atoms with Gasteiger partial charge in [-0.3, -0.25) is 14.4 Å². The SMILES string of the molecule is COc1ccccc1CNC(=O)c1ccccc1NC(=O)[C@@H]1CC(=O)N(c2ccccc2)C1. The van der Waals surface area contributed by atoms with Gasteiger partial charge in [0, 0.05) is 30.8 Å². The van der Waals surface area contributed by atoms with Crippen LogP contribution in [0, 0.1) is 5.92 Å². The summed E-state index contributed by atoms with van der Waals surface area (Å²) in [6, 6.07) is 23.6. The summed E-state index contributed by atoms with van der Waals surface area (Å²) < 4.78 is 5.33. The highest BCUT2D eigenvalue weighted by molar-refractivity contribution is 6.07. The first-order valence-electron chi connectivity index (χ1n) is 10.7. The van der Waals surface area contributed by atoms with Crippen molar-refractivity contribution in [3.8, 4) is 5.75 Å². The topological polar surface area (TPSA) is 87.7 Å². The third-order valence-electron chi connectivity index (χ3n) is 5.63. The summed E-state index contributed by atoms with van der Waals surface area (Å²) in [5.41, 5.74) is 2.38. The van der Waals surface area contributed by atoms with Crippen LogP contribution in [0.5, 0.6) is 5.75 Å². The molecule has 1 saturated heterocycles. The molecule has 4 rings (SSSR count). The Hall–Kier alpha value is -4.13. The molecule has 0 saturated carbocycles. The first-order chi connectivity index (χ1) is 16.1. The fraction of sp³-hybridized carbons (Fsp3) is 0.192. The molecule has 7 heteroatoms. The minimum absolute atomic E-state index is 0.0933. The van der Waals surface area contributed by atoms with E-state index in [1.165, 1.54) is 0 Å². The minimum atomic E-state index is -0.498. The third-order valence-corrected chi connectivity index (χ3v) is 5.63. The van der Waals surface area contributed by atoms with Crippen LogP contribution >= 0.6 is 0 Å². The Morgan fingerprint density at radius 2 is 1.67 bits per heavy atom. The zero-order valence-corrected chi connectivity index (χ0v) is 18.3. The Balaban J connectivity index is 1.42. The lowest BCUT2D eigenvalue weighted by atomic mass is 10.1. The molecule has 1 atom stereocenters. The minimum Gasteiger partial charge on any atom is -0.496 e. The molecule has 1 aliphatic rings. The Kier molecular flexibility index (Phi) is 6.69. The molecule has 3 amide bonds. The van der Waals surface area contributed by atoms with Gasteiger partial charge in [-0.2, -0.15) is 0 Å². The third kappa shape index (κ3) is 5.03. The van der Waals surface area contributed by atoms with Gasteiger partial charge in [0.1, 0.15) is 5.75 Å². The Morgan fingerprint density at radius 3 is 2.45 bits per heavy atom. The van der Waals surface area contributed by atoms with E-state index in [9.17, 15) is 14.4 Å². The van der Waals surface area contributed by atoms with Crippen molar-refractivity contribution in [1.82, 2.24) is 5.32 Å². The molecule has 7 nitrogen and oxygen atoms in total. The van der Waals surface area contributed by atoms with E-state index < -0.39 is 5.92 Å². The molecule has 0 spiro atoms. The standard InChI is InChI=1S/C26H25N3O4/c1-33-23-14-8-5-9-18(23)16-27-26(32)21-12-6-7-13-22(21)28-25(31)19-15-24(30)29(17-19)20-10-3-2-4-11-20/h2-14,19H,15-17H2,1H3,(H,27,32)(H,28,31)/t19-/m1/s1. The largest absolute Gasteiger partial charge is 0.496 e. The number of hydrogen-bond donors (Lipinski definition) is 2. The number of carbonyl (C=O) groups excluding carboxylic acids is 3. The van der Waals surface area contributed by atoms with E-state index in [4.69, 9.17) is 4.74 Å². The molecule has 0 aliphatic carbocycles. The van der Waals surface area contributed by atoms with Gasteiger partial charge in [0.15, 0.2) is 0 Å². The molecule has 168 valence electrons. The van der Waals surface area contributed by atoms with E-state index in [1.54, 1.807) is 36.3 Å². The fourth-order valence-corrected chi connectivity index (χ4v) is 3.89. The van der Waals surface area contributed by atoms with Gasteiger partial charge in [-0.05, 0) is 30.3 Å². The first kappa shape index (κ1) is 22.1. The van der Waals surface area contributed by atoms with Crippen molar-refractivity contribution in [2.45, 2.75) is 13.0 Å². The number of amides is 3. The van der Waals surface area contributed by atoms with Crippen molar-refractivity contribution >= 4 is 29.1 Å². The van der Waals surface area contributed by atoms with Gasteiger partial charge in [-0.15, -0.1) is 0 Å². The summed E-state index contributed by atoms with van der Waals surface area (Å²) in [5.74, 6) is -0.503. The van der Waals surface area contributed by atoms with E-state index in [0.717, 1.165) is 11.3 Å². The molecule has 0 bridgehead atoms. The Labute approximate surface area is 192 Å². The van der Waals surface area contributed by atoms with Crippen LogP contribution in [0.15, 0.2) is 78.9 Å². The fourth-order valence-electron chi connectivity index (χ4n) is 3.89. The number of ether oxygens (including phenoxy) is 1. The molecular formula is C26H25N3O4. The molecule has 2 N–H and O–H groups in total. The summed E-state index contributed by atoms with van der Waals surface area (Å²) in [5, 5.41) is 5.72. The lowest BCUT2D eigenvalue weighted by Gasteiger charge is -2.17. The summed E-state index contributed by atoms with van der Waals surface area (Å²) in [6.07, 6.45) is 0.128. The maximum absolute atomic E-state index is 12.9. The highest BCUT2D eigenvalue weighted by Crippen LogP contribution is 2.26. The van der Waals surface area contributed by atoms with Crippen LogP contribution in [0.2, 0.25) is 0 Å². The lowest BCUT2D eigenvalue weighted by molar-refractivity contribution is -0.122. The van der Waals surface area contributed by atoms with Crippen LogP contribution in [0.25, 0.3) is 0 Å². The number of nitrogens with zero attached hydrogens (tertiary/aromatic N) is 1. The molecule has 33 heavy (non-hydrogen) atoms.